The molecule has 2 atom stereocenters. The van der Waals surface area contributed by atoms with Crippen LogP contribution < -0.4 is 44.7 Å². The quantitative estimate of drug-likeness (QED) is 0.218. The van der Waals surface area contributed by atoms with Crippen LogP contribution in [-0.4, -0.2) is 23.8 Å². The Kier molecular flexibility index (Phi) is 11.6. The van der Waals surface area contributed by atoms with Gasteiger partial charge in [0.2, 0.25) is 5.91 Å². The molecule has 1 aromatic rings. The zero-order chi connectivity index (χ0) is 20.4. The SMILES string of the molecule is C=CC(=O)Oc1ccccc1.CCCC(C)C1(CC)C(=O)N=C([O-])NC1=O.[Na+]. The molecule has 0 fully saturated rings. The molecule has 0 saturated heterocycles. The zero-order valence-electron chi connectivity index (χ0n) is 16.9. The molecular weight excluding hydrogens is 371 g/mol. The van der Waals surface area contributed by atoms with Gasteiger partial charge in [0.25, 0.3) is 5.91 Å². The third kappa shape index (κ3) is 6.58. The van der Waals surface area contributed by atoms with E-state index in [0.717, 1.165) is 18.9 Å². The van der Waals surface area contributed by atoms with Crippen molar-refractivity contribution in [2.24, 2.45) is 16.3 Å². The van der Waals surface area contributed by atoms with Gasteiger partial charge in [-0.05, 0) is 30.9 Å². The Morgan fingerprint density at radius 3 is 2.39 bits per heavy atom. The standard InChI is InChI=1S/C11H18N2O3.C9H8O2.Na/c1-4-6-7(3)11(5-2)8(14)12-10(16)13-9(11)15;1-2-9(10)11-8-6-4-3-5-7-8;/h7H,4-6H2,1-3H3,(H2,12,13,14,15,16);2-7H,1H2;/q;;+1/p-1. The molecule has 8 heteroatoms. The van der Waals surface area contributed by atoms with Crippen molar-refractivity contribution in [3.63, 3.8) is 0 Å². The molecule has 146 valence electrons. The summed E-state index contributed by atoms with van der Waals surface area (Å²) < 4.78 is 4.81. The van der Waals surface area contributed by atoms with Gasteiger partial charge in [-0.1, -0.05) is 52.0 Å². The summed E-state index contributed by atoms with van der Waals surface area (Å²) >= 11 is 0. The predicted octanol–water partition coefficient (Wildman–Crippen LogP) is -1.03. The van der Waals surface area contributed by atoms with Crippen molar-refractivity contribution >= 4 is 23.8 Å². The fourth-order valence-electron chi connectivity index (χ4n) is 2.95. The Morgan fingerprint density at radius 1 is 1.32 bits per heavy atom. The number of benzene rings is 1. The van der Waals surface area contributed by atoms with Crippen LogP contribution in [0.15, 0.2) is 48.0 Å². The Hall–Kier alpha value is -1.96. The molecule has 2 amide bonds. The summed E-state index contributed by atoms with van der Waals surface area (Å²) in [4.78, 5) is 37.7. The van der Waals surface area contributed by atoms with Crippen molar-refractivity contribution in [1.29, 1.82) is 0 Å². The predicted molar refractivity (Wildman–Crippen MR) is 99.7 cm³/mol. The number of rotatable bonds is 6. The van der Waals surface area contributed by atoms with Gasteiger partial charge in [-0.2, -0.15) is 0 Å². The summed E-state index contributed by atoms with van der Waals surface area (Å²) in [5, 5.41) is 13.1. The van der Waals surface area contributed by atoms with Gasteiger partial charge in [-0.15, -0.1) is 0 Å². The molecule has 1 heterocycles. The second kappa shape index (κ2) is 12.5. The Balaban J connectivity index is 0.000000535. The minimum absolute atomic E-state index is 0. The zero-order valence-corrected chi connectivity index (χ0v) is 18.9. The first-order chi connectivity index (χ1) is 12.8. The number of hydrogen-bond acceptors (Lipinski definition) is 5. The number of ether oxygens (including phenoxy) is 1. The van der Waals surface area contributed by atoms with E-state index in [1.54, 1.807) is 31.2 Å². The number of aliphatic imine (C=N–C) groups is 1. The van der Waals surface area contributed by atoms with Gasteiger partial charge in [0.1, 0.15) is 11.2 Å². The molecule has 1 aromatic carbocycles. The topological polar surface area (TPSA) is 108 Å². The van der Waals surface area contributed by atoms with Crippen LogP contribution in [0.4, 0.5) is 0 Å². The number of nitrogens with one attached hydrogen (secondary N) is 1. The number of amidine groups is 1. The molecule has 1 N–H and O–H groups in total. The molecule has 0 aromatic heterocycles. The van der Waals surface area contributed by atoms with Crippen molar-refractivity contribution < 1.29 is 53.8 Å². The first kappa shape index (κ1) is 26.0. The van der Waals surface area contributed by atoms with Crippen LogP contribution in [0.2, 0.25) is 0 Å². The third-order valence-corrected chi connectivity index (χ3v) is 4.46. The van der Waals surface area contributed by atoms with Crippen molar-refractivity contribution in [3.8, 4) is 5.75 Å². The van der Waals surface area contributed by atoms with Gasteiger partial charge in [-0.3, -0.25) is 9.59 Å². The van der Waals surface area contributed by atoms with E-state index in [2.05, 4.69) is 16.9 Å². The molecule has 1 aliphatic rings. The summed E-state index contributed by atoms with van der Waals surface area (Å²) in [5.74, 6) is -1.09. The van der Waals surface area contributed by atoms with Crippen LogP contribution in [0.25, 0.3) is 0 Å². The van der Waals surface area contributed by atoms with Crippen LogP contribution in [0, 0.1) is 11.3 Å². The summed E-state index contributed by atoms with van der Waals surface area (Å²) in [7, 11) is 0. The Labute approximate surface area is 187 Å². The summed E-state index contributed by atoms with van der Waals surface area (Å²) in [5.41, 5.74) is -1.15. The maximum atomic E-state index is 11.9. The van der Waals surface area contributed by atoms with E-state index in [-0.39, 0.29) is 35.5 Å². The van der Waals surface area contributed by atoms with E-state index >= 15 is 0 Å². The summed E-state index contributed by atoms with van der Waals surface area (Å²) in [6.45, 7) is 8.91. The molecule has 7 nitrogen and oxygen atoms in total. The number of nitrogens with zero attached hydrogens (tertiary/aromatic N) is 1. The number of esters is 1. The number of carbonyl (C=O) groups excluding carboxylic acids is 3. The first-order valence-electron chi connectivity index (χ1n) is 8.82. The van der Waals surface area contributed by atoms with Crippen molar-refractivity contribution in [3.05, 3.63) is 43.0 Å². The average Bonchev–Trinajstić information content (AvgIpc) is 2.63. The summed E-state index contributed by atoms with van der Waals surface area (Å²) in [6, 6.07) is 8.02. The molecule has 2 rings (SSSR count). The van der Waals surface area contributed by atoms with Gasteiger partial charge in [0.15, 0.2) is 0 Å². The second-order valence-electron chi connectivity index (χ2n) is 6.13. The van der Waals surface area contributed by atoms with Crippen LogP contribution in [0.5, 0.6) is 5.75 Å². The summed E-state index contributed by atoms with van der Waals surface area (Å²) in [6.07, 6.45) is 3.15. The fourth-order valence-corrected chi connectivity index (χ4v) is 2.95. The molecule has 0 aliphatic carbocycles. The molecule has 2 unspecified atom stereocenters. The van der Waals surface area contributed by atoms with E-state index < -0.39 is 29.2 Å². The van der Waals surface area contributed by atoms with Crippen molar-refractivity contribution in [2.45, 2.75) is 40.0 Å². The molecular formula is C20H25N2NaO5. The molecule has 28 heavy (non-hydrogen) atoms. The smallest absolute Gasteiger partial charge is 0.846 e. The van der Waals surface area contributed by atoms with E-state index in [4.69, 9.17) is 4.74 Å². The number of amides is 2. The van der Waals surface area contributed by atoms with E-state index in [1.165, 1.54) is 0 Å². The second-order valence-corrected chi connectivity index (χ2v) is 6.13. The van der Waals surface area contributed by atoms with E-state index in [1.807, 2.05) is 19.9 Å². The average molecular weight is 396 g/mol. The largest absolute Gasteiger partial charge is 1.00 e. The number of para-hydroxylation sites is 1. The maximum Gasteiger partial charge on any atom is 1.00 e. The van der Waals surface area contributed by atoms with Gasteiger partial charge >= 0.3 is 35.5 Å². The molecule has 0 radical (unpaired) electrons. The fraction of sp³-hybridized carbons (Fsp3) is 0.400. The molecule has 1 aliphatic heterocycles. The number of hydrogen-bond donors (Lipinski definition) is 1. The van der Waals surface area contributed by atoms with Crippen LogP contribution >= 0.6 is 0 Å². The van der Waals surface area contributed by atoms with Crippen LogP contribution in [0.1, 0.15) is 40.0 Å². The molecule has 0 spiro atoms. The molecule has 0 bridgehead atoms. The van der Waals surface area contributed by atoms with Crippen LogP contribution in [0.3, 0.4) is 0 Å². The normalized spacial score (nSPS) is 19.0. The van der Waals surface area contributed by atoms with Gasteiger partial charge in [-0.25, -0.2) is 9.79 Å². The monoisotopic (exact) mass is 396 g/mol. The maximum absolute atomic E-state index is 11.9. The first-order valence-corrected chi connectivity index (χ1v) is 8.82. The van der Waals surface area contributed by atoms with Crippen molar-refractivity contribution in [2.75, 3.05) is 0 Å². The number of carbonyl (C=O) groups is 3. The van der Waals surface area contributed by atoms with E-state index in [0.29, 0.717) is 12.2 Å². The van der Waals surface area contributed by atoms with Crippen molar-refractivity contribution in [1.82, 2.24) is 5.32 Å². The van der Waals surface area contributed by atoms with E-state index in [9.17, 15) is 19.5 Å². The Morgan fingerprint density at radius 2 is 1.93 bits per heavy atom. The Bertz CT molecular complexity index is 721. The van der Waals surface area contributed by atoms with Gasteiger partial charge in [0.05, 0.1) is 6.02 Å². The van der Waals surface area contributed by atoms with Gasteiger partial charge < -0.3 is 15.2 Å². The van der Waals surface area contributed by atoms with Gasteiger partial charge in [0, 0.05) is 6.08 Å². The minimum atomic E-state index is -1.15. The molecule has 0 saturated carbocycles. The van der Waals surface area contributed by atoms with Crippen LogP contribution in [-0.2, 0) is 14.4 Å². The minimum Gasteiger partial charge on any atom is -0.846 e. The third-order valence-electron chi connectivity index (χ3n) is 4.46.